The zero-order valence-electron chi connectivity index (χ0n) is 11.1. The van der Waals surface area contributed by atoms with E-state index in [1.54, 1.807) is 0 Å². The Hall–Kier alpha value is -1.32. The van der Waals surface area contributed by atoms with E-state index in [0.29, 0.717) is 25.5 Å². The Kier molecular flexibility index (Phi) is 4.79. The van der Waals surface area contributed by atoms with Gasteiger partial charge in [0.05, 0.1) is 25.0 Å². The lowest BCUT2D eigenvalue weighted by Crippen LogP contribution is -2.10. The van der Waals surface area contributed by atoms with E-state index in [9.17, 15) is 4.79 Å². The van der Waals surface area contributed by atoms with Gasteiger partial charge in [0.2, 0.25) is 0 Å². The molecule has 1 aromatic rings. The quantitative estimate of drug-likeness (QED) is 0.755. The molecule has 1 aromatic heterocycles. The highest BCUT2D eigenvalue weighted by molar-refractivity contribution is 5.69. The SMILES string of the molecule is CCOC(=O)CCc1cn(C2CCCCC2)cn1. The van der Waals surface area contributed by atoms with Crippen LogP contribution in [0.1, 0.15) is 57.2 Å². The van der Waals surface area contributed by atoms with Gasteiger partial charge >= 0.3 is 5.97 Å². The predicted octanol–water partition coefficient (Wildman–Crippen LogP) is 2.88. The maximum Gasteiger partial charge on any atom is 0.306 e. The number of rotatable bonds is 5. The van der Waals surface area contributed by atoms with Crippen LogP contribution in [0.25, 0.3) is 0 Å². The Balaban J connectivity index is 1.83. The standard InChI is InChI=1S/C14H22N2O2/c1-2-18-14(17)9-8-12-10-16(11-15-12)13-6-4-3-5-7-13/h10-11,13H,2-9H2,1H3. The Bertz CT molecular complexity index is 381. The topological polar surface area (TPSA) is 44.1 Å². The summed E-state index contributed by atoms with van der Waals surface area (Å²) in [6.45, 7) is 2.28. The molecular formula is C14H22N2O2. The molecule has 2 rings (SSSR count). The first-order chi connectivity index (χ1) is 8.79. The summed E-state index contributed by atoms with van der Waals surface area (Å²) in [5.41, 5.74) is 0.994. The second kappa shape index (κ2) is 6.57. The minimum Gasteiger partial charge on any atom is -0.466 e. The third kappa shape index (κ3) is 3.59. The highest BCUT2D eigenvalue weighted by Gasteiger charge is 2.15. The first-order valence-corrected chi connectivity index (χ1v) is 6.97. The number of ether oxygens (including phenoxy) is 1. The van der Waals surface area contributed by atoms with Crippen LogP contribution in [0.3, 0.4) is 0 Å². The highest BCUT2D eigenvalue weighted by Crippen LogP contribution is 2.27. The van der Waals surface area contributed by atoms with Crippen molar-refractivity contribution in [1.82, 2.24) is 9.55 Å². The largest absolute Gasteiger partial charge is 0.466 e. The van der Waals surface area contributed by atoms with Crippen LogP contribution in [0, 0.1) is 0 Å². The normalized spacial score (nSPS) is 16.7. The molecule has 4 nitrogen and oxygen atoms in total. The minimum absolute atomic E-state index is 0.135. The van der Waals surface area contributed by atoms with Crippen molar-refractivity contribution < 1.29 is 9.53 Å². The van der Waals surface area contributed by atoms with Gasteiger partial charge in [0.15, 0.2) is 0 Å². The molecule has 0 N–H and O–H groups in total. The summed E-state index contributed by atoms with van der Waals surface area (Å²) in [7, 11) is 0. The molecule has 0 atom stereocenters. The molecule has 1 aliphatic carbocycles. The van der Waals surface area contributed by atoms with E-state index in [1.807, 2.05) is 13.3 Å². The third-order valence-corrected chi connectivity index (χ3v) is 3.54. The molecule has 0 bridgehead atoms. The molecule has 0 radical (unpaired) electrons. The third-order valence-electron chi connectivity index (χ3n) is 3.54. The van der Waals surface area contributed by atoms with Gasteiger partial charge < -0.3 is 9.30 Å². The van der Waals surface area contributed by atoms with Crippen LogP contribution in [0.5, 0.6) is 0 Å². The predicted molar refractivity (Wildman–Crippen MR) is 69.3 cm³/mol. The molecule has 0 unspecified atom stereocenters. The van der Waals surface area contributed by atoms with Gasteiger partial charge in [-0.05, 0) is 19.8 Å². The number of hydrogen-bond donors (Lipinski definition) is 0. The van der Waals surface area contributed by atoms with Crippen molar-refractivity contribution >= 4 is 5.97 Å². The molecular weight excluding hydrogens is 228 g/mol. The molecule has 100 valence electrons. The van der Waals surface area contributed by atoms with Crippen molar-refractivity contribution in [3.05, 3.63) is 18.2 Å². The van der Waals surface area contributed by atoms with Crippen LogP contribution in [0.2, 0.25) is 0 Å². The van der Waals surface area contributed by atoms with Crippen molar-refractivity contribution in [3.63, 3.8) is 0 Å². The summed E-state index contributed by atoms with van der Waals surface area (Å²) < 4.78 is 7.14. The van der Waals surface area contributed by atoms with Gasteiger partial charge in [-0.15, -0.1) is 0 Å². The molecule has 0 saturated heterocycles. The smallest absolute Gasteiger partial charge is 0.306 e. The average molecular weight is 250 g/mol. The number of aromatic nitrogens is 2. The van der Waals surface area contributed by atoms with E-state index in [4.69, 9.17) is 4.74 Å². The van der Waals surface area contributed by atoms with E-state index in [2.05, 4.69) is 15.7 Å². The van der Waals surface area contributed by atoms with Crippen molar-refractivity contribution in [2.24, 2.45) is 0 Å². The molecule has 1 fully saturated rings. The number of aryl methyl sites for hydroxylation is 1. The first-order valence-electron chi connectivity index (χ1n) is 6.97. The maximum absolute atomic E-state index is 11.3. The molecule has 0 aliphatic heterocycles. The summed E-state index contributed by atoms with van der Waals surface area (Å²) in [4.78, 5) is 15.6. The van der Waals surface area contributed by atoms with Crippen LogP contribution >= 0.6 is 0 Å². The van der Waals surface area contributed by atoms with Crippen LogP contribution in [0.15, 0.2) is 12.5 Å². The molecule has 1 saturated carbocycles. The number of imidazole rings is 1. The van der Waals surface area contributed by atoms with E-state index in [-0.39, 0.29) is 5.97 Å². The Morgan fingerprint density at radius 1 is 1.44 bits per heavy atom. The molecule has 1 aliphatic rings. The molecule has 18 heavy (non-hydrogen) atoms. The average Bonchev–Trinajstić information content (AvgIpc) is 2.87. The lowest BCUT2D eigenvalue weighted by atomic mass is 9.95. The fourth-order valence-electron chi connectivity index (χ4n) is 2.55. The van der Waals surface area contributed by atoms with Crippen LogP contribution < -0.4 is 0 Å². The van der Waals surface area contributed by atoms with Crippen molar-refractivity contribution in [2.45, 2.75) is 57.9 Å². The summed E-state index contributed by atoms with van der Waals surface area (Å²) in [6, 6.07) is 0.614. The molecule has 0 aromatic carbocycles. The highest BCUT2D eigenvalue weighted by atomic mass is 16.5. The number of esters is 1. The van der Waals surface area contributed by atoms with E-state index < -0.39 is 0 Å². The fourth-order valence-corrected chi connectivity index (χ4v) is 2.55. The number of hydrogen-bond acceptors (Lipinski definition) is 3. The summed E-state index contributed by atoms with van der Waals surface area (Å²) in [5, 5.41) is 0. The number of carbonyl (C=O) groups is 1. The van der Waals surface area contributed by atoms with Crippen LogP contribution in [0.4, 0.5) is 0 Å². The van der Waals surface area contributed by atoms with Crippen molar-refractivity contribution in [1.29, 1.82) is 0 Å². The maximum atomic E-state index is 11.3. The molecule has 4 heteroatoms. The van der Waals surface area contributed by atoms with Gasteiger partial charge in [0, 0.05) is 18.7 Å². The lowest BCUT2D eigenvalue weighted by Gasteiger charge is -2.22. The Labute approximate surface area is 108 Å². The second-order valence-electron chi connectivity index (χ2n) is 4.91. The zero-order valence-corrected chi connectivity index (χ0v) is 11.1. The number of nitrogens with zero attached hydrogens (tertiary/aromatic N) is 2. The first kappa shape index (κ1) is 13.1. The van der Waals surface area contributed by atoms with Crippen LogP contribution in [-0.2, 0) is 16.0 Å². The molecule has 0 spiro atoms. The van der Waals surface area contributed by atoms with Gasteiger partial charge in [-0.3, -0.25) is 4.79 Å². The van der Waals surface area contributed by atoms with E-state index >= 15 is 0 Å². The van der Waals surface area contributed by atoms with Gasteiger partial charge in [-0.25, -0.2) is 4.98 Å². The molecule has 0 amide bonds. The summed E-state index contributed by atoms with van der Waals surface area (Å²) in [5.74, 6) is -0.135. The van der Waals surface area contributed by atoms with Gasteiger partial charge in [-0.1, -0.05) is 19.3 Å². The van der Waals surface area contributed by atoms with Gasteiger partial charge in [0.25, 0.3) is 0 Å². The Morgan fingerprint density at radius 3 is 2.94 bits per heavy atom. The van der Waals surface area contributed by atoms with Crippen molar-refractivity contribution in [3.8, 4) is 0 Å². The lowest BCUT2D eigenvalue weighted by molar-refractivity contribution is -0.143. The Morgan fingerprint density at radius 2 is 2.22 bits per heavy atom. The number of carbonyl (C=O) groups excluding carboxylic acids is 1. The van der Waals surface area contributed by atoms with Crippen molar-refractivity contribution in [2.75, 3.05) is 6.61 Å². The monoisotopic (exact) mass is 250 g/mol. The second-order valence-corrected chi connectivity index (χ2v) is 4.91. The fraction of sp³-hybridized carbons (Fsp3) is 0.714. The summed E-state index contributed by atoms with van der Waals surface area (Å²) >= 11 is 0. The van der Waals surface area contributed by atoms with Gasteiger partial charge in [0.1, 0.15) is 0 Å². The van der Waals surface area contributed by atoms with E-state index in [0.717, 1.165) is 5.69 Å². The zero-order chi connectivity index (χ0) is 12.8. The summed E-state index contributed by atoms with van der Waals surface area (Å²) in [6.07, 6.45) is 11.6. The van der Waals surface area contributed by atoms with Gasteiger partial charge in [-0.2, -0.15) is 0 Å². The van der Waals surface area contributed by atoms with Crippen LogP contribution in [-0.4, -0.2) is 22.1 Å². The van der Waals surface area contributed by atoms with E-state index in [1.165, 1.54) is 32.1 Å². The molecule has 1 heterocycles. The minimum atomic E-state index is -0.135.